The van der Waals surface area contributed by atoms with Crippen molar-refractivity contribution in [2.24, 2.45) is 4.99 Å². The van der Waals surface area contributed by atoms with Crippen LogP contribution in [-0.4, -0.2) is 12.3 Å². The normalized spacial score (nSPS) is 23.4. The van der Waals surface area contributed by atoms with Crippen LogP contribution in [0.1, 0.15) is 26.2 Å². The molecule has 0 saturated heterocycles. The summed E-state index contributed by atoms with van der Waals surface area (Å²) in [6.07, 6.45) is 9.88. The summed E-state index contributed by atoms with van der Waals surface area (Å²) in [6.45, 7) is 2.21. The molecule has 0 aromatic rings. The molecule has 0 aliphatic carbocycles. The number of nitrogens with zero attached hydrogens (tertiary/aromatic N) is 1. The molecular formula is C8H13N. The lowest BCUT2D eigenvalue weighted by molar-refractivity contribution is 0.663. The topological polar surface area (TPSA) is 12.4 Å². The molecule has 1 unspecified atom stereocenters. The smallest absolute Gasteiger partial charge is 0.0683 e. The lowest BCUT2D eigenvalue weighted by Gasteiger charge is -2.00. The molecule has 0 radical (unpaired) electrons. The van der Waals surface area contributed by atoms with Crippen molar-refractivity contribution in [2.45, 2.75) is 32.2 Å². The second-order valence-electron chi connectivity index (χ2n) is 2.39. The quantitative estimate of drug-likeness (QED) is 0.545. The summed E-state index contributed by atoms with van der Waals surface area (Å²) in [4.78, 5) is 4.24. The maximum Gasteiger partial charge on any atom is 0.0683 e. The molecule has 9 heavy (non-hydrogen) atoms. The van der Waals surface area contributed by atoms with E-state index in [1.54, 1.807) is 0 Å². The Labute approximate surface area is 56.5 Å². The zero-order valence-corrected chi connectivity index (χ0v) is 5.88. The van der Waals surface area contributed by atoms with Gasteiger partial charge in [0.05, 0.1) is 6.04 Å². The summed E-state index contributed by atoms with van der Waals surface area (Å²) in [5.41, 5.74) is 0. The van der Waals surface area contributed by atoms with Crippen molar-refractivity contribution in [1.82, 2.24) is 0 Å². The highest BCUT2D eigenvalue weighted by atomic mass is 14.8. The third-order valence-corrected chi connectivity index (χ3v) is 1.55. The largest absolute Gasteiger partial charge is 0.286 e. The summed E-state index contributed by atoms with van der Waals surface area (Å²) in [5, 5.41) is 0. The average molecular weight is 123 g/mol. The first-order valence-electron chi connectivity index (χ1n) is 3.63. The lowest BCUT2D eigenvalue weighted by Crippen LogP contribution is -1.95. The first kappa shape index (κ1) is 6.53. The number of hydrogen-bond acceptors (Lipinski definition) is 1. The molecule has 1 aliphatic heterocycles. The van der Waals surface area contributed by atoms with Gasteiger partial charge in [-0.15, -0.1) is 0 Å². The van der Waals surface area contributed by atoms with Gasteiger partial charge in [0.1, 0.15) is 0 Å². The zero-order chi connectivity index (χ0) is 6.53. The minimum Gasteiger partial charge on any atom is -0.286 e. The van der Waals surface area contributed by atoms with Gasteiger partial charge in [0, 0.05) is 6.21 Å². The Balaban J connectivity index is 2.13. The molecule has 1 aliphatic rings. The minimum absolute atomic E-state index is 0.505. The van der Waals surface area contributed by atoms with Crippen LogP contribution in [0.25, 0.3) is 0 Å². The summed E-state index contributed by atoms with van der Waals surface area (Å²) >= 11 is 0. The maximum absolute atomic E-state index is 4.24. The summed E-state index contributed by atoms with van der Waals surface area (Å²) in [7, 11) is 0. The second-order valence-corrected chi connectivity index (χ2v) is 2.39. The predicted octanol–water partition coefficient (Wildman–Crippen LogP) is 2.19. The van der Waals surface area contributed by atoms with Gasteiger partial charge in [-0.3, -0.25) is 4.99 Å². The molecule has 0 spiro atoms. The van der Waals surface area contributed by atoms with Crippen LogP contribution < -0.4 is 0 Å². The lowest BCUT2D eigenvalue weighted by atomic mass is 10.1. The monoisotopic (exact) mass is 123 g/mol. The van der Waals surface area contributed by atoms with Gasteiger partial charge in [0.25, 0.3) is 0 Å². The molecule has 0 N–H and O–H groups in total. The van der Waals surface area contributed by atoms with Crippen LogP contribution in [0.5, 0.6) is 0 Å². The molecule has 0 saturated carbocycles. The standard InChI is InChI=1S/C8H13N/c1-2-3-5-8-6-4-7-9-8/h4,6-8H,2-3,5H2,1H3. The number of hydrogen-bond donors (Lipinski definition) is 0. The molecular weight excluding hydrogens is 110 g/mol. The highest BCUT2D eigenvalue weighted by Crippen LogP contribution is 2.08. The average Bonchev–Trinajstić information content (AvgIpc) is 2.34. The number of allylic oxidation sites excluding steroid dienone is 1. The van der Waals surface area contributed by atoms with E-state index in [0.29, 0.717) is 6.04 Å². The van der Waals surface area contributed by atoms with Crippen LogP contribution in [-0.2, 0) is 0 Å². The highest BCUT2D eigenvalue weighted by Gasteiger charge is 2.01. The van der Waals surface area contributed by atoms with Gasteiger partial charge < -0.3 is 0 Å². The first-order valence-corrected chi connectivity index (χ1v) is 3.63. The van der Waals surface area contributed by atoms with Crippen molar-refractivity contribution >= 4 is 6.21 Å². The third-order valence-electron chi connectivity index (χ3n) is 1.55. The van der Waals surface area contributed by atoms with Crippen molar-refractivity contribution in [2.75, 3.05) is 0 Å². The zero-order valence-electron chi connectivity index (χ0n) is 5.88. The van der Waals surface area contributed by atoms with Gasteiger partial charge >= 0.3 is 0 Å². The molecule has 1 heterocycles. The van der Waals surface area contributed by atoms with Crippen molar-refractivity contribution < 1.29 is 0 Å². The van der Waals surface area contributed by atoms with E-state index in [2.05, 4.69) is 18.0 Å². The molecule has 1 nitrogen and oxygen atoms in total. The van der Waals surface area contributed by atoms with Gasteiger partial charge in [0.2, 0.25) is 0 Å². The Hall–Kier alpha value is -0.590. The Kier molecular flexibility index (Phi) is 2.49. The van der Waals surface area contributed by atoms with E-state index in [0.717, 1.165) is 0 Å². The van der Waals surface area contributed by atoms with Crippen LogP contribution in [0.15, 0.2) is 17.1 Å². The highest BCUT2D eigenvalue weighted by molar-refractivity contribution is 5.74. The fraction of sp³-hybridized carbons (Fsp3) is 0.625. The summed E-state index contributed by atoms with van der Waals surface area (Å²) in [6, 6.07) is 0.505. The molecule has 1 heteroatoms. The number of unbranched alkanes of at least 4 members (excludes halogenated alkanes) is 1. The SMILES string of the molecule is CCCCC1C=CC=N1. The maximum atomic E-state index is 4.24. The van der Waals surface area contributed by atoms with E-state index in [-0.39, 0.29) is 0 Å². The predicted molar refractivity (Wildman–Crippen MR) is 40.9 cm³/mol. The second kappa shape index (κ2) is 3.44. The van der Waals surface area contributed by atoms with Crippen LogP contribution in [0, 0.1) is 0 Å². The fourth-order valence-electron chi connectivity index (χ4n) is 0.972. The molecule has 1 rings (SSSR count). The number of aliphatic imine (C=N–C) groups is 1. The molecule has 0 fully saturated rings. The van der Waals surface area contributed by atoms with Crippen molar-refractivity contribution in [3.8, 4) is 0 Å². The fourth-order valence-corrected chi connectivity index (χ4v) is 0.972. The molecule has 0 aromatic heterocycles. The molecule has 50 valence electrons. The molecule has 0 bridgehead atoms. The van der Waals surface area contributed by atoms with E-state index in [1.807, 2.05) is 12.3 Å². The Morgan fingerprint density at radius 2 is 2.44 bits per heavy atom. The van der Waals surface area contributed by atoms with Gasteiger partial charge in [-0.25, -0.2) is 0 Å². The van der Waals surface area contributed by atoms with Crippen LogP contribution >= 0.6 is 0 Å². The van der Waals surface area contributed by atoms with Gasteiger partial charge in [0.15, 0.2) is 0 Å². The summed E-state index contributed by atoms with van der Waals surface area (Å²) in [5.74, 6) is 0. The minimum atomic E-state index is 0.505. The van der Waals surface area contributed by atoms with E-state index < -0.39 is 0 Å². The molecule has 0 aromatic carbocycles. The van der Waals surface area contributed by atoms with E-state index in [1.165, 1.54) is 19.3 Å². The number of rotatable bonds is 3. The van der Waals surface area contributed by atoms with Gasteiger partial charge in [-0.2, -0.15) is 0 Å². The van der Waals surface area contributed by atoms with E-state index in [4.69, 9.17) is 0 Å². The van der Waals surface area contributed by atoms with Crippen LogP contribution in [0.3, 0.4) is 0 Å². The molecule has 0 amide bonds. The Bertz CT molecular complexity index is 113. The first-order chi connectivity index (χ1) is 4.43. The van der Waals surface area contributed by atoms with E-state index >= 15 is 0 Å². The third kappa shape index (κ3) is 2.00. The van der Waals surface area contributed by atoms with Crippen molar-refractivity contribution in [3.63, 3.8) is 0 Å². The van der Waals surface area contributed by atoms with Crippen LogP contribution in [0.4, 0.5) is 0 Å². The Morgan fingerprint density at radius 3 is 3.00 bits per heavy atom. The summed E-state index contributed by atoms with van der Waals surface area (Å²) < 4.78 is 0. The van der Waals surface area contributed by atoms with Crippen molar-refractivity contribution in [1.29, 1.82) is 0 Å². The van der Waals surface area contributed by atoms with E-state index in [9.17, 15) is 0 Å². The van der Waals surface area contributed by atoms with Gasteiger partial charge in [-0.1, -0.05) is 25.8 Å². The Morgan fingerprint density at radius 1 is 1.56 bits per heavy atom. The van der Waals surface area contributed by atoms with Gasteiger partial charge in [-0.05, 0) is 12.5 Å². The molecule has 1 atom stereocenters. The van der Waals surface area contributed by atoms with Crippen molar-refractivity contribution in [3.05, 3.63) is 12.2 Å². The van der Waals surface area contributed by atoms with Crippen LogP contribution in [0.2, 0.25) is 0 Å².